The Kier molecular flexibility index (Phi) is 5.00. The van der Waals surface area contributed by atoms with Crippen molar-refractivity contribution in [2.75, 3.05) is 0 Å². The Morgan fingerprint density at radius 1 is 1.27 bits per heavy atom. The van der Waals surface area contributed by atoms with Gasteiger partial charge in [0.2, 0.25) is 0 Å². The van der Waals surface area contributed by atoms with Gasteiger partial charge in [0.25, 0.3) is 11.8 Å². The van der Waals surface area contributed by atoms with Crippen molar-refractivity contribution in [3.05, 3.63) is 32.9 Å². The summed E-state index contributed by atoms with van der Waals surface area (Å²) in [5.74, 6) is -2.04. The topological polar surface area (TPSA) is 121 Å². The fourth-order valence-corrected chi connectivity index (χ4v) is 3.55. The molecule has 2 N–H and O–H groups in total. The minimum Gasteiger partial charge on any atom is -0.325 e. The molecule has 1 fully saturated rings. The number of halogens is 1. The summed E-state index contributed by atoms with van der Waals surface area (Å²) in [6, 6.07) is 4.09. The molecule has 2 amide bonds. The van der Waals surface area contributed by atoms with Gasteiger partial charge in [0.15, 0.2) is 0 Å². The average Bonchev–Trinajstić information content (AvgIpc) is 2.71. The lowest BCUT2D eigenvalue weighted by Gasteiger charge is -2.13. The molecule has 1 aliphatic heterocycles. The van der Waals surface area contributed by atoms with Crippen LogP contribution in [0.5, 0.6) is 0 Å². The highest BCUT2D eigenvalue weighted by Crippen LogP contribution is 2.40. The van der Waals surface area contributed by atoms with Gasteiger partial charge in [0, 0.05) is 16.4 Å². The van der Waals surface area contributed by atoms with Crippen LogP contribution in [0.25, 0.3) is 0 Å². The first-order chi connectivity index (χ1) is 10.2. The van der Waals surface area contributed by atoms with E-state index in [1.807, 2.05) is 22.6 Å². The normalized spacial score (nSPS) is 15.3. The van der Waals surface area contributed by atoms with Gasteiger partial charge in [0.1, 0.15) is 0 Å². The number of nitrogens with zero attached hydrogens (tertiary/aromatic N) is 1. The smallest absolute Gasteiger partial charge is 0.325 e. The van der Waals surface area contributed by atoms with Crippen LogP contribution in [0.3, 0.4) is 0 Å². The first-order valence-electron chi connectivity index (χ1n) is 6.08. The Morgan fingerprint density at radius 2 is 1.86 bits per heavy atom. The van der Waals surface area contributed by atoms with Crippen LogP contribution in [0.1, 0.15) is 28.8 Å². The third-order valence-corrected chi connectivity index (χ3v) is 4.60. The fraction of sp³-hybridized carbons (Fsp3) is 0.250. The predicted octanol–water partition coefficient (Wildman–Crippen LogP) is 1.19. The predicted molar refractivity (Wildman–Crippen MR) is 81.4 cm³/mol. The van der Waals surface area contributed by atoms with Gasteiger partial charge in [-0.2, -0.15) is 0 Å². The van der Waals surface area contributed by atoms with Gasteiger partial charge in [-0.3, -0.25) is 14.2 Å². The van der Waals surface area contributed by atoms with Crippen LogP contribution >= 0.6 is 30.2 Å². The van der Waals surface area contributed by atoms with E-state index < -0.39 is 31.5 Å². The van der Waals surface area contributed by atoms with Crippen molar-refractivity contribution in [1.82, 2.24) is 5.06 Å². The van der Waals surface area contributed by atoms with E-state index in [1.54, 1.807) is 0 Å². The summed E-state index contributed by atoms with van der Waals surface area (Å²) in [6.07, 6.45) is -0.431. The molecular formula is C12H11INO7P. The number of hydrogen-bond acceptors (Lipinski definition) is 5. The minimum atomic E-state index is -4.21. The summed E-state index contributed by atoms with van der Waals surface area (Å²) >= 11 is 1.83. The number of benzene rings is 1. The maximum Gasteiger partial charge on any atom is 0.363 e. The zero-order valence-corrected chi connectivity index (χ0v) is 14.1. The van der Waals surface area contributed by atoms with Crippen LogP contribution in [-0.2, 0) is 25.2 Å². The van der Waals surface area contributed by atoms with Crippen molar-refractivity contribution in [3.63, 3.8) is 0 Å². The summed E-state index contributed by atoms with van der Waals surface area (Å²) < 4.78 is 11.5. The van der Waals surface area contributed by atoms with E-state index in [0.29, 0.717) is 14.2 Å². The summed E-state index contributed by atoms with van der Waals surface area (Å²) in [5.41, 5.74) is 0.463. The molecule has 0 saturated carbocycles. The van der Waals surface area contributed by atoms with Gasteiger partial charge in [-0.15, -0.1) is 5.06 Å². The van der Waals surface area contributed by atoms with Gasteiger partial charge in [-0.05, 0) is 40.3 Å². The van der Waals surface area contributed by atoms with Gasteiger partial charge in [-0.25, -0.2) is 4.79 Å². The molecule has 0 radical (unpaired) electrons. The van der Waals surface area contributed by atoms with Crippen LogP contribution < -0.4 is 0 Å². The lowest BCUT2D eigenvalue weighted by atomic mass is 10.1. The van der Waals surface area contributed by atoms with Crippen molar-refractivity contribution < 1.29 is 33.6 Å². The lowest BCUT2D eigenvalue weighted by Crippen LogP contribution is -2.32. The highest BCUT2D eigenvalue weighted by Gasteiger charge is 2.33. The molecule has 1 aromatic carbocycles. The van der Waals surface area contributed by atoms with E-state index in [-0.39, 0.29) is 18.4 Å². The van der Waals surface area contributed by atoms with Crippen molar-refractivity contribution in [2.24, 2.45) is 0 Å². The number of hydroxylamine groups is 2. The van der Waals surface area contributed by atoms with Gasteiger partial charge < -0.3 is 14.6 Å². The Labute approximate surface area is 138 Å². The van der Waals surface area contributed by atoms with Crippen LogP contribution in [-0.4, -0.2) is 32.6 Å². The zero-order valence-electron chi connectivity index (χ0n) is 11.1. The summed E-state index contributed by atoms with van der Waals surface area (Å²) in [4.78, 5) is 57.3. The third kappa shape index (κ3) is 4.13. The molecule has 118 valence electrons. The van der Waals surface area contributed by atoms with Crippen molar-refractivity contribution in [3.8, 4) is 0 Å². The number of carbonyl (C=O) groups excluding carboxylic acids is 3. The van der Waals surface area contributed by atoms with Crippen LogP contribution in [0.2, 0.25) is 0 Å². The molecule has 0 atom stereocenters. The van der Waals surface area contributed by atoms with E-state index in [1.165, 1.54) is 18.2 Å². The Balaban J connectivity index is 2.14. The first kappa shape index (κ1) is 17.1. The van der Waals surface area contributed by atoms with E-state index in [9.17, 15) is 18.9 Å². The van der Waals surface area contributed by atoms with E-state index >= 15 is 0 Å². The minimum absolute atomic E-state index is 0.00483. The Morgan fingerprint density at radius 3 is 2.36 bits per heavy atom. The number of rotatable bonds is 4. The summed E-state index contributed by atoms with van der Waals surface area (Å²) in [6.45, 7) is 0. The first-order valence-corrected chi connectivity index (χ1v) is 8.96. The van der Waals surface area contributed by atoms with Crippen LogP contribution in [0, 0.1) is 3.57 Å². The van der Waals surface area contributed by atoms with E-state index in [2.05, 4.69) is 0 Å². The highest BCUT2D eigenvalue weighted by atomic mass is 127. The number of amides is 2. The molecule has 1 aromatic rings. The van der Waals surface area contributed by atoms with Gasteiger partial charge in [0.05, 0.1) is 11.7 Å². The molecule has 0 aromatic heterocycles. The van der Waals surface area contributed by atoms with Crippen LogP contribution in [0.4, 0.5) is 0 Å². The molecule has 0 spiro atoms. The lowest BCUT2D eigenvalue weighted by molar-refractivity contribution is -0.172. The van der Waals surface area contributed by atoms with Crippen LogP contribution in [0.15, 0.2) is 18.2 Å². The van der Waals surface area contributed by atoms with Crippen molar-refractivity contribution in [1.29, 1.82) is 0 Å². The SMILES string of the molecule is O=C(ON1C(=O)CCC1=O)c1ccc(CP(=O)(O)O)c(I)c1. The standard InChI is InChI=1S/C12H11INO7P/c13-9-5-7(1-2-8(9)6-22(18,19)20)12(17)21-14-10(15)3-4-11(14)16/h1-2,5H,3-4,6H2,(H2,18,19,20). The van der Waals surface area contributed by atoms with Gasteiger partial charge in [-0.1, -0.05) is 6.07 Å². The molecule has 2 rings (SSSR count). The molecule has 0 aliphatic carbocycles. The molecule has 22 heavy (non-hydrogen) atoms. The van der Waals surface area contributed by atoms with Crippen molar-refractivity contribution in [2.45, 2.75) is 19.0 Å². The van der Waals surface area contributed by atoms with E-state index in [4.69, 9.17) is 14.6 Å². The molecule has 1 aliphatic rings. The molecule has 0 unspecified atom stereocenters. The number of hydrogen-bond donors (Lipinski definition) is 2. The third-order valence-electron chi connectivity index (χ3n) is 2.85. The molecule has 10 heteroatoms. The largest absolute Gasteiger partial charge is 0.363 e. The second-order valence-corrected chi connectivity index (χ2v) is 7.40. The zero-order chi connectivity index (χ0) is 16.5. The Bertz CT molecular complexity index is 683. The quantitative estimate of drug-likeness (QED) is 0.411. The number of imide groups is 1. The maximum absolute atomic E-state index is 11.9. The second kappa shape index (κ2) is 6.45. The summed E-state index contributed by atoms with van der Waals surface area (Å²) in [5, 5.41) is 0.443. The molecular weight excluding hydrogens is 428 g/mol. The molecule has 1 saturated heterocycles. The van der Waals surface area contributed by atoms with Crippen molar-refractivity contribution >= 4 is 48.0 Å². The molecule has 8 nitrogen and oxygen atoms in total. The fourth-order valence-electron chi connectivity index (χ4n) is 1.82. The average molecular weight is 439 g/mol. The monoisotopic (exact) mass is 439 g/mol. The highest BCUT2D eigenvalue weighted by molar-refractivity contribution is 14.1. The number of carbonyl (C=O) groups is 3. The van der Waals surface area contributed by atoms with Gasteiger partial charge >= 0.3 is 13.6 Å². The Hall–Kier alpha value is -1.29. The maximum atomic E-state index is 11.9. The molecule has 0 bridgehead atoms. The summed E-state index contributed by atoms with van der Waals surface area (Å²) in [7, 11) is -4.21. The van der Waals surface area contributed by atoms with E-state index in [0.717, 1.165) is 0 Å². The molecule has 1 heterocycles. The second-order valence-electron chi connectivity index (χ2n) is 4.59.